The van der Waals surface area contributed by atoms with E-state index in [-0.39, 0.29) is 18.1 Å². The molecule has 1 heterocycles. The first-order chi connectivity index (χ1) is 8.06. The number of hydrogen-bond acceptors (Lipinski definition) is 2. The molecular formula is C14H19NO2. The summed E-state index contributed by atoms with van der Waals surface area (Å²) < 4.78 is 5.90. The van der Waals surface area contributed by atoms with Crippen molar-refractivity contribution in [1.29, 1.82) is 0 Å². The minimum absolute atomic E-state index is 0.00301. The fourth-order valence-electron chi connectivity index (χ4n) is 2.17. The van der Waals surface area contributed by atoms with E-state index >= 15 is 0 Å². The summed E-state index contributed by atoms with van der Waals surface area (Å²) in [5, 5.41) is 0. The van der Waals surface area contributed by atoms with Crippen molar-refractivity contribution in [1.82, 2.24) is 4.90 Å². The molecule has 1 saturated heterocycles. The molecule has 1 fully saturated rings. The van der Waals surface area contributed by atoms with Crippen molar-refractivity contribution in [3.05, 3.63) is 35.4 Å². The average Bonchev–Trinajstić information content (AvgIpc) is 2.29. The second-order valence-corrected chi connectivity index (χ2v) is 4.77. The van der Waals surface area contributed by atoms with Crippen LogP contribution in [0.5, 0.6) is 0 Å². The molecule has 0 aromatic heterocycles. The van der Waals surface area contributed by atoms with Crippen LogP contribution in [-0.2, 0) is 9.53 Å². The van der Waals surface area contributed by atoms with Crippen molar-refractivity contribution >= 4 is 5.91 Å². The van der Waals surface area contributed by atoms with Gasteiger partial charge in [-0.25, -0.2) is 0 Å². The molecule has 3 heteroatoms. The molecule has 1 aromatic carbocycles. The Balaban J connectivity index is 2.15. The van der Waals surface area contributed by atoms with Gasteiger partial charge in [0.25, 0.3) is 0 Å². The lowest BCUT2D eigenvalue weighted by molar-refractivity contribution is -0.142. The van der Waals surface area contributed by atoms with Crippen LogP contribution >= 0.6 is 0 Å². The summed E-state index contributed by atoms with van der Waals surface area (Å²) in [4.78, 5) is 13.3. The summed E-state index contributed by atoms with van der Waals surface area (Å²) in [6.07, 6.45) is 0.0993. The zero-order valence-corrected chi connectivity index (χ0v) is 10.6. The highest BCUT2D eigenvalue weighted by Gasteiger charge is 2.27. The first-order valence-electron chi connectivity index (χ1n) is 6.04. The van der Waals surface area contributed by atoms with Crippen LogP contribution in [0.3, 0.4) is 0 Å². The Morgan fingerprint density at radius 3 is 2.53 bits per heavy atom. The monoisotopic (exact) mass is 233 g/mol. The third-order valence-electron chi connectivity index (χ3n) is 3.15. The fourth-order valence-corrected chi connectivity index (χ4v) is 2.17. The van der Waals surface area contributed by atoms with E-state index in [1.165, 1.54) is 5.56 Å². The van der Waals surface area contributed by atoms with Gasteiger partial charge in [0.1, 0.15) is 6.10 Å². The number of hydrogen-bond donors (Lipinski definition) is 0. The van der Waals surface area contributed by atoms with E-state index in [0.717, 1.165) is 5.56 Å². The predicted molar refractivity (Wildman–Crippen MR) is 66.7 cm³/mol. The first-order valence-corrected chi connectivity index (χ1v) is 6.04. The Kier molecular flexibility index (Phi) is 3.48. The zero-order chi connectivity index (χ0) is 12.4. The number of carbonyl (C=O) groups excluding carboxylic acids is 1. The quantitative estimate of drug-likeness (QED) is 0.745. The summed E-state index contributed by atoms with van der Waals surface area (Å²) in [5.74, 6) is 0.122. The van der Waals surface area contributed by atoms with Crippen LogP contribution in [0.15, 0.2) is 24.3 Å². The Bertz CT molecular complexity index is 399. The van der Waals surface area contributed by atoms with Crippen LogP contribution < -0.4 is 0 Å². The van der Waals surface area contributed by atoms with Crippen LogP contribution in [0.2, 0.25) is 0 Å². The first kappa shape index (κ1) is 12.1. The van der Waals surface area contributed by atoms with Gasteiger partial charge in [-0.1, -0.05) is 29.8 Å². The van der Waals surface area contributed by atoms with Gasteiger partial charge >= 0.3 is 0 Å². The van der Waals surface area contributed by atoms with E-state index < -0.39 is 0 Å². The predicted octanol–water partition coefficient (Wildman–Crippen LogP) is 2.30. The summed E-state index contributed by atoms with van der Waals surface area (Å²) >= 11 is 0. The number of rotatable bonds is 1. The number of amides is 1. The van der Waals surface area contributed by atoms with E-state index in [1.807, 2.05) is 11.8 Å². The third kappa shape index (κ3) is 2.86. The maximum absolute atomic E-state index is 11.4. The standard InChI is InChI=1S/C14H19NO2/c1-10-4-6-13(7-5-10)14-9-15(12(3)16)8-11(2)17-14/h4-7,11,14H,8-9H2,1-3H3/t11-,14+/m1/s1. The highest BCUT2D eigenvalue weighted by Crippen LogP contribution is 2.25. The molecular weight excluding hydrogens is 214 g/mol. The minimum Gasteiger partial charge on any atom is -0.367 e. The van der Waals surface area contributed by atoms with E-state index in [4.69, 9.17) is 4.74 Å². The lowest BCUT2D eigenvalue weighted by Crippen LogP contribution is -2.45. The number of morpholine rings is 1. The van der Waals surface area contributed by atoms with Crippen molar-refractivity contribution in [3.8, 4) is 0 Å². The zero-order valence-electron chi connectivity index (χ0n) is 10.6. The maximum Gasteiger partial charge on any atom is 0.219 e. The molecule has 0 radical (unpaired) electrons. The summed E-state index contributed by atoms with van der Waals surface area (Å²) in [7, 11) is 0. The number of aryl methyl sites for hydroxylation is 1. The lowest BCUT2D eigenvalue weighted by atomic mass is 10.0. The van der Waals surface area contributed by atoms with Gasteiger partial charge in [0.05, 0.1) is 12.6 Å². The second kappa shape index (κ2) is 4.88. The van der Waals surface area contributed by atoms with Crippen LogP contribution in [0.25, 0.3) is 0 Å². The van der Waals surface area contributed by atoms with Crippen LogP contribution in [0.4, 0.5) is 0 Å². The molecule has 1 aliphatic heterocycles. The molecule has 0 spiro atoms. The second-order valence-electron chi connectivity index (χ2n) is 4.77. The van der Waals surface area contributed by atoms with Crippen molar-refractivity contribution in [2.75, 3.05) is 13.1 Å². The Morgan fingerprint density at radius 1 is 1.29 bits per heavy atom. The average molecular weight is 233 g/mol. The van der Waals surface area contributed by atoms with Crippen molar-refractivity contribution in [3.63, 3.8) is 0 Å². The van der Waals surface area contributed by atoms with E-state index in [0.29, 0.717) is 13.1 Å². The normalized spacial score (nSPS) is 24.8. The SMILES string of the molecule is CC(=O)N1C[C@@H](C)O[C@H](c2ccc(C)cc2)C1. The van der Waals surface area contributed by atoms with E-state index in [9.17, 15) is 4.79 Å². The Hall–Kier alpha value is -1.35. The van der Waals surface area contributed by atoms with E-state index in [2.05, 4.69) is 31.2 Å². The van der Waals surface area contributed by atoms with Gasteiger partial charge in [0.2, 0.25) is 5.91 Å². The molecule has 1 amide bonds. The van der Waals surface area contributed by atoms with Gasteiger partial charge < -0.3 is 9.64 Å². The molecule has 0 saturated carbocycles. The van der Waals surface area contributed by atoms with Crippen molar-refractivity contribution < 1.29 is 9.53 Å². The number of carbonyl (C=O) groups is 1. The molecule has 0 N–H and O–H groups in total. The number of benzene rings is 1. The Morgan fingerprint density at radius 2 is 1.94 bits per heavy atom. The number of nitrogens with zero attached hydrogens (tertiary/aromatic N) is 1. The molecule has 3 nitrogen and oxygen atoms in total. The van der Waals surface area contributed by atoms with Crippen LogP contribution in [-0.4, -0.2) is 30.0 Å². The van der Waals surface area contributed by atoms with Crippen molar-refractivity contribution in [2.24, 2.45) is 0 Å². The smallest absolute Gasteiger partial charge is 0.219 e. The molecule has 17 heavy (non-hydrogen) atoms. The van der Waals surface area contributed by atoms with Gasteiger partial charge in [-0.2, -0.15) is 0 Å². The van der Waals surface area contributed by atoms with Crippen molar-refractivity contribution in [2.45, 2.75) is 33.0 Å². The van der Waals surface area contributed by atoms with Gasteiger partial charge in [0, 0.05) is 13.5 Å². The molecule has 0 aliphatic carbocycles. The fraction of sp³-hybridized carbons (Fsp3) is 0.500. The minimum atomic E-state index is 0.00301. The Labute approximate surface area is 102 Å². The molecule has 0 unspecified atom stereocenters. The molecule has 1 aliphatic rings. The third-order valence-corrected chi connectivity index (χ3v) is 3.15. The van der Waals surface area contributed by atoms with Crippen LogP contribution in [0, 0.1) is 6.92 Å². The number of ether oxygens (including phenoxy) is 1. The topological polar surface area (TPSA) is 29.5 Å². The summed E-state index contributed by atoms with van der Waals surface area (Å²) in [6, 6.07) is 8.32. The van der Waals surface area contributed by atoms with Gasteiger partial charge in [-0.15, -0.1) is 0 Å². The lowest BCUT2D eigenvalue weighted by Gasteiger charge is -2.36. The molecule has 92 valence electrons. The highest BCUT2D eigenvalue weighted by atomic mass is 16.5. The largest absolute Gasteiger partial charge is 0.367 e. The molecule has 0 bridgehead atoms. The van der Waals surface area contributed by atoms with Crippen LogP contribution in [0.1, 0.15) is 31.1 Å². The molecule has 1 aromatic rings. The summed E-state index contributed by atoms with van der Waals surface area (Å²) in [6.45, 7) is 7.04. The summed E-state index contributed by atoms with van der Waals surface area (Å²) in [5.41, 5.74) is 2.38. The van der Waals surface area contributed by atoms with Gasteiger partial charge in [0.15, 0.2) is 0 Å². The van der Waals surface area contributed by atoms with Gasteiger partial charge in [-0.3, -0.25) is 4.79 Å². The highest BCUT2D eigenvalue weighted by molar-refractivity contribution is 5.73. The molecule has 2 atom stereocenters. The molecule has 2 rings (SSSR count). The maximum atomic E-state index is 11.4. The van der Waals surface area contributed by atoms with Gasteiger partial charge in [-0.05, 0) is 19.4 Å². The van der Waals surface area contributed by atoms with E-state index in [1.54, 1.807) is 6.92 Å².